The Morgan fingerprint density at radius 1 is 1.09 bits per heavy atom. The number of carbonyl (C=O) groups excluding carboxylic acids is 2. The first-order valence-corrected chi connectivity index (χ1v) is 11.2. The molecule has 9 nitrogen and oxygen atoms in total. The topological polar surface area (TPSA) is 130 Å². The zero-order chi connectivity index (χ0) is 24.8. The molecule has 0 aliphatic heterocycles. The van der Waals surface area contributed by atoms with Crippen molar-refractivity contribution in [3.05, 3.63) is 82.9 Å². The molecular weight excluding hydrogens is 446 g/mol. The van der Waals surface area contributed by atoms with Crippen LogP contribution in [0.4, 0.5) is 5.69 Å². The lowest BCUT2D eigenvalue weighted by Gasteiger charge is -2.15. The Hall–Kier alpha value is -4.53. The van der Waals surface area contributed by atoms with E-state index in [-0.39, 0.29) is 29.6 Å². The quantitative estimate of drug-likeness (QED) is 0.305. The van der Waals surface area contributed by atoms with Crippen molar-refractivity contribution in [1.29, 1.82) is 0 Å². The normalized spacial score (nSPS) is 10.7. The van der Waals surface area contributed by atoms with Crippen LogP contribution < -0.4 is 10.1 Å². The van der Waals surface area contributed by atoms with Gasteiger partial charge >= 0.3 is 0 Å². The average molecular weight is 472 g/mol. The van der Waals surface area contributed by atoms with Gasteiger partial charge in [0.1, 0.15) is 18.1 Å². The number of ether oxygens (including phenoxy) is 1. The van der Waals surface area contributed by atoms with Crippen molar-refractivity contribution in [2.45, 2.75) is 33.3 Å². The fourth-order valence-corrected chi connectivity index (χ4v) is 3.72. The fourth-order valence-electron chi connectivity index (χ4n) is 3.72. The van der Waals surface area contributed by atoms with E-state index in [4.69, 9.17) is 4.74 Å². The SMILES string of the molecule is CCCc1c(OCc2cccc(NC(=O)c3cccc(-c4nn[nH]n4)c3)c2)ccc(C(C)=O)c1O. The third-order valence-corrected chi connectivity index (χ3v) is 5.43. The molecule has 0 bridgehead atoms. The first kappa shape index (κ1) is 23.6. The number of Topliss-reactive ketones (excluding diaryl/α,β-unsaturated/α-hetero) is 1. The number of tetrazole rings is 1. The number of aromatic amines is 1. The number of hydrogen-bond acceptors (Lipinski definition) is 7. The lowest BCUT2D eigenvalue weighted by Crippen LogP contribution is -2.12. The van der Waals surface area contributed by atoms with Gasteiger partial charge in [0.25, 0.3) is 5.91 Å². The Bertz CT molecular complexity index is 1350. The van der Waals surface area contributed by atoms with E-state index >= 15 is 0 Å². The number of anilines is 1. The van der Waals surface area contributed by atoms with Gasteiger partial charge in [-0.05, 0) is 60.5 Å². The van der Waals surface area contributed by atoms with Gasteiger partial charge in [-0.1, -0.05) is 37.6 Å². The number of phenolic OH excluding ortho intramolecular Hbond substituents is 1. The minimum absolute atomic E-state index is 0.0269. The van der Waals surface area contributed by atoms with Crippen molar-refractivity contribution in [2.75, 3.05) is 5.32 Å². The molecule has 0 spiro atoms. The molecule has 1 amide bonds. The Morgan fingerprint density at radius 3 is 2.66 bits per heavy atom. The van der Waals surface area contributed by atoms with Crippen LogP contribution in [-0.4, -0.2) is 37.4 Å². The highest BCUT2D eigenvalue weighted by Gasteiger charge is 2.16. The molecule has 1 aromatic heterocycles. The summed E-state index contributed by atoms with van der Waals surface area (Å²) >= 11 is 0. The van der Waals surface area contributed by atoms with Crippen LogP contribution in [0.25, 0.3) is 11.4 Å². The van der Waals surface area contributed by atoms with Crippen LogP contribution in [-0.2, 0) is 13.0 Å². The predicted octanol–water partition coefficient (Wildman–Crippen LogP) is 4.56. The van der Waals surface area contributed by atoms with E-state index in [2.05, 4.69) is 25.9 Å². The lowest BCUT2D eigenvalue weighted by molar-refractivity contribution is 0.101. The van der Waals surface area contributed by atoms with E-state index in [1.54, 1.807) is 42.5 Å². The van der Waals surface area contributed by atoms with E-state index in [1.807, 2.05) is 25.1 Å². The standard InChI is InChI=1S/C26H25N5O4/c1-3-6-22-23(12-11-21(16(2)32)24(22)33)35-15-17-7-4-10-20(13-17)27-26(34)19-9-5-8-18(14-19)25-28-30-31-29-25/h4-5,7-14,33H,3,6,15H2,1-2H3,(H,27,34)(H,28,29,30,31). The smallest absolute Gasteiger partial charge is 0.255 e. The number of hydrogen-bond donors (Lipinski definition) is 3. The van der Waals surface area contributed by atoms with Crippen molar-refractivity contribution in [3.63, 3.8) is 0 Å². The van der Waals surface area contributed by atoms with E-state index in [0.717, 1.165) is 12.0 Å². The van der Waals surface area contributed by atoms with Gasteiger partial charge in [-0.25, -0.2) is 0 Å². The Labute approximate surface area is 202 Å². The summed E-state index contributed by atoms with van der Waals surface area (Å²) in [5.41, 5.74) is 3.49. The zero-order valence-corrected chi connectivity index (χ0v) is 19.4. The van der Waals surface area contributed by atoms with Crippen molar-refractivity contribution < 1.29 is 19.4 Å². The highest BCUT2D eigenvalue weighted by molar-refractivity contribution is 6.04. The molecule has 178 valence electrons. The van der Waals surface area contributed by atoms with Gasteiger partial charge in [0.05, 0.1) is 5.56 Å². The molecule has 4 rings (SSSR count). The predicted molar refractivity (Wildman–Crippen MR) is 130 cm³/mol. The van der Waals surface area contributed by atoms with Crippen LogP contribution in [0.3, 0.4) is 0 Å². The molecule has 0 fully saturated rings. The molecule has 0 radical (unpaired) electrons. The Kier molecular flexibility index (Phi) is 7.15. The monoisotopic (exact) mass is 471 g/mol. The highest BCUT2D eigenvalue weighted by Crippen LogP contribution is 2.33. The number of nitrogens with one attached hydrogen (secondary N) is 2. The maximum Gasteiger partial charge on any atom is 0.255 e. The van der Waals surface area contributed by atoms with Gasteiger partial charge in [-0.2, -0.15) is 5.21 Å². The second-order valence-electron chi connectivity index (χ2n) is 8.00. The van der Waals surface area contributed by atoms with Gasteiger partial charge in [-0.15, -0.1) is 10.2 Å². The fraction of sp³-hybridized carbons (Fsp3) is 0.192. The average Bonchev–Trinajstić information content (AvgIpc) is 3.40. The number of phenols is 1. The van der Waals surface area contributed by atoms with E-state index in [0.29, 0.717) is 40.4 Å². The molecule has 0 unspecified atom stereocenters. The van der Waals surface area contributed by atoms with Crippen molar-refractivity contribution >= 4 is 17.4 Å². The molecule has 0 saturated carbocycles. The molecular formula is C26H25N5O4. The van der Waals surface area contributed by atoms with Gasteiger partial charge < -0.3 is 15.2 Å². The summed E-state index contributed by atoms with van der Waals surface area (Å²) in [6.45, 7) is 3.65. The van der Waals surface area contributed by atoms with Crippen molar-refractivity contribution in [1.82, 2.24) is 20.6 Å². The second kappa shape index (κ2) is 10.6. The summed E-state index contributed by atoms with van der Waals surface area (Å²) in [5, 5.41) is 27.3. The van der Waals surface area contributed by atoms with Crippen LogP contribution in [0.2, 0.25) is 0 Å². The van der Waals surface area contributed by atoms with Gasteiger partial charge in [0.15, 0.2) is 5.78 Å². The van der Waals surface area contributed by atoms with E-state index in [9.17, 15) is 14.7 Å². The molecule has 0 aliphatic rings. The summed E-state index contributed by atoms with van der Waals surface area (Å²) in [5.74, 6) is 0.438. The first-order valence-electron chi connectivity index (χ1n) is 11.2. The van der Waals surface area contributed by atoms with Crippen LogP contribution in [0.1, 0.15) is 52.1 Å². The molecule has 4 aromatic rings. The molecule has 35 heavy (non-hydrogen) atoms. The maximum absolute atomic E-state index is 12.8. The first-order chi connectivity index (χ1) is 17.0. The number of H-pyrrole nitrogens is 1. The zero-order valence-electron chi connectivity index (χ0n) is 19.4. The maximum atomic E-state index is 12.8. The summed E-state index contributed by atoms with van der Waals surface area (Å²) in [6.07, 6.45) is 1.38. The van der Waals surface area contributed by atoms with Crippen LogP contribution >= 0.6 is 0 Å². The lowest BCUT2D eigenvalue weighted by atomic mass is 10.0. The number of aromatic hydroxyl groups is 1. The number of amides is 1. The van der Waals surface area contributed by atoms with E-state index in [1.165, 1.54) is 6.92 Å². The third kappa shape index (κ3) is 5.52. The Morgan fingerprint density at radius 2 is 1.91 bits per heavy atom. The minimum atomic E-state index is -0.275. The number of carbonyl (C=O) groups is 2. The van der Waals surface area contributed by atoms with Gasteiger partial charge in [-0.3, -0.25) is 9.59 Å². The molecule has 3 aromatic carbocycles. The van der Waals surface area contributed by atoms with Crippen LogP contribution in [0, 0.1) is 0 Å². The minimum Gasteiger partial charge on any atom is -0.507 e. The molecule has 0 aliphatic carbocycles. The summed E-state index contributed by atoms with van der Waals surface area (Å²) in [6, 6.07) is 17.6. The molecule has 1 heterocycles. The number of ketones is 1. The van der Waals surface area contributed by atoms with Crippen molar-refractivity contribution in [2.24, 2.45) is 0 Å². The summed E-state index contributed by atoms with van der Waals surface area (Å²) in [4.78, 5) is 24.6. The number of nitrogens with zero attached hydrogens (tertiary/aromatic N) is 3. The molecule has 0 atom stereocenters. The largest absolute Gasteiger partial charge is 0.507 e. The van der Waals surface area contributed by atoms with Crippen LogP contribution in [0.15, 0.2) is 60.7 Å². The summed E-state index contributed by atoms with van der Waals surface area (Å²) < 4.78 is 5.99. The van der Waals surface area contributed by atoms with Crippen molar-refractivity contribution in [3.8, 4) is 22.9 Å². The summed E-state index contributed by atoms with van der Waals surface area (Å²) in [7, 11) is 0. The van der Waals surface area contributed by atoms with E-state index < -0.39 is 0 Å². The third-order valence-electron chi connectivity index (χ3n) is 5.43. The number of benzene rings is 3. The van der Waals surface area contributed by atoms with Gasteiger partial charge in [0, 0.05) is 22.4 Å². The Balaban J connectivity index is 1.47. The number of rotatable bonds is 9. The molecule has 3 N–H and O–H groups in total. The molecule has 9 heteroatoms. The molecule has 0 saturated heterocycles. The van der Waals surface area contributed by atoms with Crippen LogP contribution in [0.5, 0.6) is 11.5 Å². The number of aromatic nitrogens is 4. The highest BCUT2D eigenvalue weighted by atomic mass is 16.5. The van der Waals surface area contributed by atoms with Gasteiger partial charge in [0.2, 0.25) is 5.82 Å². The second-order valence-corrected chi connectivity index (χ2v) is 8.00.